The molecular weight excluding hydrogens is 500 g/mol. The zero-order chi connectivity index (χ0) is 27.6. The first-order chi connectivity index (χ1) is 20.1. The van der Waals surface area contributed by atoms with Gasteiger partial charge in [0.1, 0.15) is 0 Å². The summed E-state index contributed by atoms with van der Waals surface area (Å²) in [6, 6.07) is 37.1. The predicted molar refractivity (Wildman–Crippen MR) is 168 cm³/mol. The molecule has 3 heterocycles. The van der Waals surface area contributed by atoms with Crippen LogP contribution in [0.1, 0.15) is 18.9 Å². The van der Waals surface area contributed by atoms with Gasteiger partial charge in [0, 0.05) is 39.1 Å². The third-order valence-corrected chi connectivity index (χ3v) is 8.38. The number of pyridine rings is 1. The minimum absolute atomic E-state index is 0.538. The van der Waals surface area contributed by atoms with E-state index in [2.05, 4.69) is 135 Å². The topological polar surface area (TPSA) is 46.5 Å². The maximum Gasteiger partial charge on any atom is 0.0768 e. The molecule has 0 bridgehead atoms. The molecule has 0 radical (unpaired) electrons. The molecule has 4 nitrogen and oxygen atoms in total. The minimum Gasteiger partial charge on any atom is -0.309 e. The average Bonchev–Trinajstić information content (AvgIpc) is 3.54. The smallest absolute Gasteiger partial charge is 0.0768 e. The lowest BCUT2D eigenvalue weighted by atomic mass is 9.81. The van der Waals surface area contributed by atoms with E-state index in [4.69, 9.17) is 0 Å². The van der Waals surface area contributed by atoms with Crippen LogP contribution >= 0.6 is 0 Å². The van der Waals surface area contributed by atoms with Crippen LogP contribution in [-0.2, 0) is 0 Å². The lowest BCUT2D eigenvalue weighted by molar-refractivity contribution is 0.575. The number of benzene rings is 4. The van der Waals surface area contributed by atoms with Crippen LogP contribution < -0.4 is 0 Å². The first-order valence-corrected chi connectivity index (χ1v) is 13.9. The molecule has 41 heavy (non-hydrogen) atoms. The van der Waals surface area contributed by atoms with E-state index in [9.17, 15) is 5.26 Å². The normalized spacial score (nSPS) is 16.9. The van der Waals surface area contributed by atoms with Crippen molar-refractivity contribution in [1.29, 1.82) is 5.26 Å². The Morgan fingerprint density at radius 2 is 1.24 bits per heavy atom. The summed E-state index contributed by atoms with van der Waals surface area (Å²) in [4.78, 5) is 4.51. The van der Waals surface area contributed by atoms with Crippen molar-refractivity contribution in [3.8, 4) is 17.4 Å². The molecule has 1 atom stereocenters. The molecule has 0 saturated heterocycles. The summed E-state index contributed by atoms with van der Waals surface area (Å²) in [6.07, 6.45) is 10.9. The highest BCUT2D eigenvalue weighted by molar-refractivity contribution is 6.10. The Morgan fingerprint density at radius 1 is 0.707 bits per heavy atom. The second kappa shape index (κ2) is 8.81. The average molecular weight is 527 g/mol. The summed E-state index contributed by atoms with van der Waals surface area (Å²) in [5.41, 5.74) is 8.25. The van der Waals surface area contributed by atoms with E-state index in [0.29, 0.717) is 6.42 Å². The molecule has 0 saturated carbocycles. The maximum atomic E-state index is 9.95. The molecule has 7 aromatic rings. The van der Waals surface area contributed by atoms with Gasteiger partial charge in [-0.2, -0.15) is 5.26 Å². The van der Waals surface area contributed by atoms with Gasteiger partial charge in [-0.15, -0.1) is 0 Å². The van der Waals surface area contributed by atoms with Gasteiger partial charge in [-0.3, -0.25) is 4.98 Å². The van der Waals surface area contributed by atoms with Gasteiger partial charge in [0.2, 0.25) is 0 Å². The Hall–Kier alpha value is -5.40. The Kier molecular flexibility index (Phi) is 5.04. The molecule has 1 aliphatic rings. The highest BCUT2D eigenvalue weighted by atomic mass is 15.0. The van der Waals surface area contributed by atoms with Crippen molar-refractivity contribution in [2.75, 3.05) is 0 Å². The fourth-order valence-electron chi connectivity index (χ4n) is 6.46. The zero-order valence-corrected chi connectivity index (χ0v) is 22.6. The van der Waals surface area contributed by atoms with Gasteiger partial charge in [0.05, 0.1) is 39.7 Å². The van der Waals surface area contributed by atoms with E-state index in [0.717, 1.165) is 44.6 Å². The lowest BCUT2D eigenvalue weighted by Crippen LogP contribution is -2.12. The number of allylic oxidation sites excluding steroid dienone is 4. The molecule has 4 aromatic carbocycles. The zero-order valence-electron chi connectivity index (χ0n) is 22.6. The Morgan fingerprint density at radius 3 is 1.83 bits per heavy atom. The van der Waals surface area contributed by atoms with E-state index in [-0.39, 0.29) is 0 Å². The van der Waals surface area contributed by atoms with E-state index in [1.807, 2.05) is 19.3 Å². The van der Waals surface area contributed by atoms with Gasteiger partial charge in [0.25, 0.3) is 0 Å². The van der Waals surface area contributed by atoms with E-state index in [1.165, 1.54) is 21.5 Å². The predicted octanol–water partition coefficient (Wildman–Crippen LogP) is 9.15. The quantitative estimate of drug-likeness (QED) is 0.230. The summed E-state index contributed by atoms with van der Waals surface area (Å²) >= 11 is 0. The fourth-order valence-corrected chi connectivity index (χ4v) is 6.46. The van der Waals surface area contributed by atoms with Crippen LogP contribution in [0.3, 0.4) is 0 Å². The summed E-state index contributed by atoms with van der Waals surface area (Å²) in [6.45, 7) is 2.01. The minimum atomic E-state index is -0.538. The Balaban J connectivity index is 1.49. The first-order valence-electron chi connectivity index (χ1n) is 13.9. The number of rotatable bonds is 3. The van der Waals surface area contributed by atoms with Crippen LogP contribution in [0.2, 0.25) is 0 Å². The van der Waals surface area contributed by atoms with E-state index in [1.54, 1.807) is 0 Å². The summed E-state index contributed by atoms with van der Waals surface area (Å²) in [7, 11) is 0. The molecule has 0 aliphatic heterocycles. The van der Waals surface area contributed by atoms with Crippen molar-refractivity contribution in [3.63, 3.8) is 0 Å². The van der Waals surface area contributed by atoms with Crippen molar-refractivity contribution in [3.05, 3.63) is 133 Å². The molecule has 3 aromatic heterocycles. The van der Waals surface area contributed by atoms with Gasteiger partial charge in [-0.1, -0.05) is 72.8 Å². The molecular formula is C37H26N4. The third kappa shape index (κ3) is 3.56. The second-order valence-corrected chi connectivity index (χ2v) is 11.1. The number of fused-ring (bicyclic) bond motifs is 6. The van der Waals surface area contributed by atoms with Gasteiger partial charge >= 0.3 is 0 Å². The first kappa shape index (κ1) is 23.5. The van der Waals surface area contributed by atoms with Gasteiger partial charge < -0.3 is 9.13 Å². The monoisotopic (exact) mass is 526 g/mol. The number of hydrogen-bond acceptors (Lipinski definition) is 2. The highest BCUT2D eigenvalue weighted by Crippen LogP contribution is 2.39. The molecule has 194 valence electrons. The van der Waals surface area contributed by atoms with Gasteiger partial charge in [-0.05, 0) is 66.9 Å². The Labute approximate surface area is 237 Å². The molecule has 0 fully saturated rings. The van der Waals surface area contributed by atoms with Crippen molar-refractivity contribution < 1.29 is 0 Å². The summed E-state index contributed by atoms with van der Waals surface area (Å²) < 4.78 is 4.68. The van der Waals surface area contributed by atoms with Crippen LogP contribution in [0.15, 0.2) is 128 Å². The van der Waals surface area contributed by atoms with Crippen molar-refractivity contribution >= 4 is 49.2 Å². The molecule has 0 N–H and O–H groups in total. The fraction of sp³-hybridized carbons (Fsp3) is 0.0811. The lowest BCUT2D eigenvalue weighted by Gasteiger charge is -2.22. The number of aromatic nitrogens is 3. The Bertz CT molecular complexity index is 2030. The van der Waals surface area contributed by atoms with Crippen molar-refractivity contribution in [2.24, 2.45) is 5.41 Å². The molecule has 1 aliphatic carbocycles. The van der Waals surface area contributed by atoms with Crippen LogP contribution in [-0.4, -0.2) is 14.1 Å². The summed E-state index contributed by atoms with van der Waals surface area (Å²) in [5, 5.41) is 14.8. The van der Waals surface area contributed by atoms with Crippen LogP contribution in [0.4, 0.5) is 0 Å². The van der Waals surface area contributed by atoms with Gasteiger partial charge in [0.15, 0.2) is 0 Å². The second-order valence-electron chi connectivity index (χ2n) is 11.1. The van der Waals surface area contributed by atoms with Gasteiger partial charge in [-0.25, -0.2) is 0 Å². The standard InChI is InChI=1S/C37H26N4/c1-37(24-38)17-8-9-25(22-37)26-19-27(40-33-13-5-2-10-29(33)30-11-3-6-14-34(30)40)21-28(20-26)41-35-15-7-4-12-31(35)32-16-18-39-23-36(32)41/h2-16,18-23H,17H2,1H3. The molecule has 1 unspecified atom stereocenters. The maximum absolute atomic E-state index is 9.95. The number of nitriles is 1. The molecule has 4 heteroatoms. The SMILES string of the molecule is CC1(C#N)C=C(c2cc(-n3c4ccccc4c4ccccc43)cc(-n3c4ccccc4c4ccncc43)c2)C=CC1. The largest absolute Gasteiger partial charge is 0.309 e. The molecule has 0 amide bonds. The van der Waals surface area contributed by atoms with Crippen molar-refractivity contribution in [2.45, 2.75) is 13.3 Å². The van der Waals surface area contributed by atoms with Crippen LogP contribution in [0, 0.1) is 16.7 Å². The van der Waals surface area contributed by atoms with E-state index >= 15 is 0 Å². The molecule has 0 spiro atoms. The van der Waals surface area contributed by atoms with E-state index < -0.39 is 5.41 Å². The van der Waals surface area contributed by atoms with Crippen LogP contribution in [0.5, 0.6) is 0 Å². The molecule has 8 rings (SSSR count). The number of hydrogen-bond donors (Lipinski definition) is 0. The number of nitrogens with zero attached hydrogens (tertiary/aromatic N) is 4. The highest BCUT2D eigenvalue weighted by Gasteiger charge is 2.24. The third-order valence-electron chi connectivity index (χ3n) is 8.38. The summed E-state index contributed by atoms with van der Waals surface area (Å²) in [5.74, 6) is 0. The van der Waals surface area contributed by atoms with Crippen LogP contribution in [0.25, 0.3) is 60.6 Å². The van der Waals surface area contributed by atoms with Crippen molar-refractivity contribution in [1.82, 2.24) is 14.1 Å². The number of para-hydroxylation sites is 3.